The number of rotatable bonds is 3. The summed E-state index contributed by atoms with van der Waals surface area (Å²) in [5.41, 5.74) is 0.982. The highest BCUT2D eigenvalue weighted by Gasteiger charge is 2.30. The number of hydrogen-bond acceptors (Lipinski definition) is 4. The molecule has 6 heteroatoms. The van der Waals surface area contributed by atoms with Crippen molar-refractivity contribution in [3.05, 3.63) is 24.3 Å². The first-order valence-corrected chi connectivity index (χ1v) is 7.98. The van der Waals surface area contributed by atoms with E-state index in [-0.39, 0.29) is 18.1 Å². The average Bonchev–Trinajstić information content (AvgIpc) is 2.82. The maximum Gasteiger partial charge on any atom is 0.263 e. The Hall–Kier alpha value is -2.08. The molecule has 1 saturated heterocycles. The fourth-order valence-corrected chi connectivity index (χ4v) is 3.10. The lowest BCUT2D eigenvalue weighted by atomic mass is 10.2. The number of aryl methyl sites for hydroxylation is 1. The Labute approximate surface area is 136 Å². The molecule has 2 heterocycles. The summed E-state index contributed by atoms with van der Waals surface area (Å²) in [6.45, 7) is 6.93. The number of ether oxygens (including phenoxy) is 2. The molecule has 0 spiro atoms. The molecule has 3 atom stereocenters. The van der Waals surface area contributed by atoms with E-state index in [1.54, 1.807) is 11.6 Å². The third-order valence-corrected chi connectivity index (χ3v) is 4.09. The summed E-state index contributed by atoms with van der Waals surface area (Å²) in [4.78, 5) is 14.5. The quantitative estimate of drug-likeness (QED) is 0.868. The van der Waals surface area contributed by atoms with Crippen LogP contribution in [-0.4, -0.2) is 52.0 Å². The molecule has 1 aromatic carbocycles. The molecule has 0 aliphatic carbocycles. The summed E-state index contributed by atoms with van der Waals surface area (Å²) >= 11 is 0. The first kappa shape index (κ1) is 15.8. The third kappa shape index (κ3) is 3.17. The fraction of sp³-hybridized carbons (Fsp3) is 0.529. The number of hydrogen-bond donors (Lipinski definition) is 0. The molecule has 2 aromatic rings. The van der Waals surface area contributed by atoms with Gasteiger partial charge in [-0.1, -0.05) is 12.1 Å². The zero-order valence-electron chi connectivity index (χ0n) is 14.0. The first-order chi connectivity index (χ1) is 11.0. The molecule has 0 N–H and O–H groups in total. The van der Waals surface area contributed by atoms with Crippen LogP contribution in [0.5, 0.6) is 5.88 Å². The third-order valence-electron chi connectivity index (χ3n) is 4.09. The number of carbonyl (C=O) groups is 1. The predicted octanol–water partition coefficient (Wildman–Crippen LogP) is 1.98. The number of benzene rings is 1. The molecule has 124 valence electrons. The van der Waals surface area contributed by atoms with Gasteiger partial charge in [-0.3, -0.25) is 9.48 Å². The maximum absolute atomic E-state index is 12.6. The van der Waals surface area contributed by atoms with Gasteiger partial charge in [0.25, 0.3) is 5.91 Å². The smallest absolute Gasteiger partial charge is 0.263 e. The number of amides is 1. The van der Waals surface area contributed by atoms with Gasteiger partial charge in [0.05, 0.1) is 23.1 Å². The van der Waals surface area contributed by atoms with Crippen LogP contribution < -0.4 is 4.74 Å². The summed E-state index contributed by atoms with van der Waals surface area (Å²) in [6, 6.07) is 7.83. The van der Waals surface area contributed by atoms with Crippen LogP contribution >= 0.6 is 0 Å². The Morgan fingerprint density at radius 2 is 1.96 bits per heavy atom. The van der Waals surface area contributed by atoms with Gasteiger partial charge in [0.2, 0.25) is 5.88 Å². The van der Waals surface area contributed by atoms with E-state index < -0.39 is 6.10 Å². The topological polar surface area (TPSA) is 56.6 Å². The van der Waals surface area contributed by atoms with Crippen LogP contribution in [0.2, 0.25) is 0 Å². The van der Waals surface area contributed by atoms with Crippen molar-refractivity contribution in [1.82, 2.24) is 14.7 Å². The highest BCUT2D eigenvalue weighted by atomic mass is 16.5. The van der Waals surface area contributed by atoms with E-state index in [9.17, 15) is 4.79 Å². The van der Waals surface area contributed by atoms with Crippen molar-refractivity contribution in [3.63, 3.8) is 0 Å². The summed E-state index contributed by atoms with van der Waals surface area (Å²) in [6.07, 6.45) is -0.484. The maximum atomic E-state index is 12.6. The highest BCUT2D eigenvalue weighted by molar-refractivity contribution is 5.86. The second kappa shape index (κ2) is 6.20. The van der Waals surface area contributed by atoms with Crippen LogP contribution in [0.25, 0.3) is 10.9 Å². The molecule has 0 radical (unpaired) electrons. The number of fused-ring (bicyclic) bond motifs is 1. The standard InChI is InChI=1S/C17H23N3O3/c1-11-9-20(10-12(2)22-11)17(21)13(3)23-16-14-7-5-6-8-15(14)19(4)18-16/h5-8,11-13H,9-10H2,1-4H3/t11-,12+,13-/m1/s1. The van der Waals surface area contributed by atoms with Crippen molar-refractivity contribution in [2.75, 3.05) is 13.1 Å². The minimum absolute atomic E-state index is 0.0262. The first-order valence-electron chi connectivity index (χ1n) is 7.98. The summed E-state index contributed by atoms with van der Waals surface area (Å²) in [7, 11) is 1.87. The lowest BCUT2D eigenvalue weighted by Gasteiger charge is -2.36. The number of nitrogens with zero attached hydrogens (tertiary/aromatic N) is 3. The second-order valence-electron chi connectivity index (χ2n) is 6.21. The number of aromatic nitrogens is 2. The Bertz CT molecular complexity index is 702. The zero-order valence-corrected chi connectivity index (χ0v) is 14.0. The molecule has 0 unspecified atom stereocenters. The van der Waals surface area contributed by atoms with Crippen LogP contribution in [0.4, 0.5) is 0 Å². The van der Waals surface area contributed by atoms with Gasteiger partial charge in [0.1, 0.15) is 0 Å². The van der Waals surface area contributed by atoms with E-state index >= 15 is 0 Å². The van der Waals surface area contributed by atoms with Crippen molar-refractivity contribution in [1.29, 1.82) is 0 Å². The minimum Gasteiger partial charge on any atom is -0.463 e. The van der Waals surface area contributed by atoms with E-state index in [0.717, 1.165) is 10.9 Å². The van der Waals surface area contributed by atoms with Crippen molar-refractivity contribution in [3.8, 4) is 5.88 Å². The van der Waals surface area contributed by atoms with Gasteiger partial charge in [-0.15, -0.1) is 5.10 Å². The minimum atomic E-state index is -0.578. The van der Waals surface area contributed by atoms with E-state index in [1.807, 2.05) is 50.1 Å². The normalized spacial score (nSPS) is 23.0. The molecule has 23 heavy (non-hydrogen) atoms. The molecule has 1 aliphatic heterocycles. The fourth-order valence-electron chi connectivity index (χ4n) is 3.10. The highest BCUT2D eigenvalue weighted by Crippen LogP contribution is 2.25. The average molecular weight is 317 g/mol. The lowest BCUT2D eigenvalue weighted by molar-refractivity contribution is -0.149. The van der Waals surface area contributed by atoms with Gasteiger partial charge in [0.15, 0.2) is 6.10 Å². The molecule has 1 fully saturated rings. The summed E-state index contributed by atoms with van der Waals surface area (Å²) in [5.74, 6) is 0.472. The van der Waals surface area contributed by atoms with E-state index in [1.165, 1.54) is 0 Å². The van der Waals surface area contributed by atoms with Crippen molar-refractivity contribution < 1.29 is 14.3 Å². The van der Waals surface area contributed by atoms with Gasteiger partial charge in [0, 0.05) is 20.1 Å². The van der Waals surface area contributed by atoms with E-state index in [2.05, 4.69) is 5.10 Å². The van der Waals surface area contributed by atoms with Crippen LogP contribution in [0.3, 0.4) is 0 Å². The summed E-state index contributed by atoms with van der Waals surface area (Å²) < 4.78 is 13.3. The van der Waals surface area contributed by atoms with E-state index in [0.29, 0.717) is 19.0 Å². The monoisotopic (exact) mass is 317 g/mol. The van der Waals surface area contributed by atoms with Crippen LogP contribution in [-0.2, 0) is 16.6 Å². The van der Waals surface area contributed by atoms with Crippen molar-refractivity contribution in [2.45, 2.75) is 39.1 Å². The molecular weight excluding hydrogens is 294 g/mol. The van der Waals surface area contributed by atoms with Gasteiger partial charge in [-0.2, -0.15) is 0 Å². The van der Waals surface area contributed by atoms with E-state index in [4.69, 9.17) is 9.47 Å². The van der Waals surface area contributed by atoms with Crippen LogP contribution in [0, 0.1) is 0 Å². The molecule has 1 amide bonds. The Kier molecular flexibility index (Phi) is 4.26. The molecule has 0 bridgehead atoms. The Morgan fingerprint density at radius 3 is 2.65 bits per heavy atom. The second-order valence-corrected chi connectivity index (χ2v) is 6.21. The molecule has 0 saturated carbocycles. The van der Waals surface area contributed by atoms with Crippen LogP contribution in [0.1, 0.15) is 20.8 Å². The summed E-state index contributed by atoms with van der Waals surface area (Å²) in [5, 5.41) is 5.30. The lowest BCUT2D eigenvalue weighted by Crippen LogP contribution is -2.51. The van der Waals surface area contributed by atoms with Crippen LogP contribution in [0.15, 0.2) is 24.3 Å². The number of carbonyl (C=O) groups excluding carboxylic acids is 1. The van der Waals surface area contributed by atoms with Crippen molar-refractivity contribution >= 4 is 16.8 Å². The molecule has 1 aliphatic rings. The van der Waals surface area contributed by atoms with Gasteiger partial charge >= 0.3 is 0 Å². The Morgan fingerprint density at radius 1 is 1.30 bits per heavy atom. The van der Waals surface area contributed by atoms with Gasteiger partial charge < -0.3 is 14.4 Å². The van der Waals surface area contributed by atoms with Crippen molar-refractivity contribution in [2.24, 2.45) is 7.05 Å². The van der Waals surface area contributed by atoms with Gasteiger partial charge in [-0.25, -0.2) is 0 Å². The number of morpholine rings is 1. The van der Waals surface area contributed by atoms with Gasteiger partial charge in [-0.05, 0) is 32.9 Å². The largest absolute Gasteiger partial charge is 0.463 e. The SMILES string of the molecule is C[C@@H]1CN(C(=O)[C@@H](C)Oc2nn(C)c3ccccc23)C[C@H](C)O1. The molecule has 1 aromatic heterocycles. The molecule has 3 rings (SSSR count). The Balaban J connectivity index is 1.75. The molecular formula is C17H23N3O3. The molecule has 6 nitrogen and oxygen atoms in total. The predicted molar refractivity (Wildman–Crippen MR) is 87.4 cm³/mol. The zero-order chi connectivity index (χ0) is 16.6. The number of para-hydroxylation sites is 1.